The molecule has 0 unspecified atom stereocenters. The van der Waals surface area contributed by atoms with Crippen LogP contribution in [0.25, 0.3) is 0 Å². The number of rotatable bonds is 3. The Morgan fingerprint density at radius 2 is 1.53 bits per heavy atom. The van der Waals surface area contributed by atoms with Gasteiger partial charge in [-0.15, -0.1) is 13.2 Å². The third-order valence-corrected chi connectivity index (χ3v) is 8.68. The second kappa shape index (κ2) is 4.51. The van der Waals surface area contributed by atoms with Gasteiger partial charge in [-0.3, -0.25) is 0 Å². The Labute approximate surface area is 98.4 Å². The van der Waals surface area contributed by atoms with Crippen LogP contribution in [0.4, 0.5) is 13.2 Å². The fraction of sp³-hybridized carbons (Fsp3) is 0.333. The van der Waals surface area contributed by atoms with Crippen molar-refractivity contribution in [3.63, 3.8) is 0 Å². The third-order valence-electron chi connectivity index (χ3n) is 2.02. The summed E-state index contributed by atoms with van der Waals surface area (Å²) in [6, 6.07) is 7.70. The molecule has 3 nitrogen and oxygen atoms in total. The van der Waals surface area contributed by atoms with Crippen molar-refractivity contribution in [1.82, 2.24) is 0 Å². The van der Waals surface area contributed by atoms with Gasteiger partial charge in [-0.2, -0.15) is 12.6 Å². The predicted molar refractivity (Wildman–Crippen MR) is 60.2 cm³/mol. The van der Waals surface area contributed by atoms with E-state index in [-0.39, 0.29) is 0 Å². The summed E-state index contributed by atoms with van der Waals surface area (Å²) in [5, 5.41) is 0. The first kappa shape index (κ1) is 14.3. The highest BCUT2D eigenvalue weighted by atomic mass is 33.2. The minimum atomic E-state index is -5.20. The van der Waals surface area contributed by atoms with E-state index in [2.05, 4.69) is 4.18 Å². The molecule has 0 amide bonds. The van der Waals surface area contributed by atoms with E-state index < -0.39 is 24.6 Å². The molecule has 0 atom stereocenters. The maximum absolute atomic E-state index is 12.0. The van der Waals surface area contributed by atoms with Gasteiger partial charge in [0.1, 0.15) is 0 Å². The van der Waals surface area contributed by atoms with E-state index in [1.165, 1.54) is 24.6 Å². The Morgan fingerprint density at radius 1 is 1.06 bits per heavy atom. The highest BCUT2D eigenvalue weighted by Crippen LogP contribution is 2.56. The number of hydrogen-bond donors (Lipinski definition) is 0. The van der Waals surface area contributed by atoms with Crippen LogP contribution in [0, 0.1) is 0 Å². The summed E-state index contributed by atoms with van der Waals surface area (Å²) < 4.78 is 62.4. The van der Waals surface area contributed by atoms with Gasteiger partial charge in [0.05, 0.1) is 0 Å². The van der Waals surface area contributed by atoms with Gasteiger partial charge in [-0.25, -0.2) is 0 Å². The average molecular weight is 288 g/mol. The first-order valence-electron chi connectivity index (χ1n) is 4.37. The standard InChI is InChI=1S/C9H11F3O3S2/c1-16(2,8-6-4-3-5-7-8)17(13,14)15-9(10,11)12/h3-7H,1-2H3. The van der Waals surface area contributed by atoms with Gasteiger partial charge < -0.3 is 0 Å². The molecule has 0 bridgehead atoms. The lowest BCUT2D eigenvalue weighted by Gasteiger charge is -2.30. The first-order valence-corrected chi connectivity index (χ1v) is 8.74. The van der Waals surface area contributed by atoms with Crippen LogP contribution < -0.4 is 0 Å². The van der Waals surface area contributed by atoms with Crippen LogP contribution in [0.1, 0.15) is 0 Å². The summed E-state index contributed by atoms with van der Waals surface area (Å²) >= 11 is 0. The second-order valence-corrected chi connectivity index (χ2v) is 11.1. The number of alkyl halides is 3. The summed E-state index contributed by atoms with van der Waals surface area (Å²) in [6.45, 7) is 0. The smallest absolute Gasteiger partial charge is 0.188 e. The monoisotopic (exact) mass is 288 g/mol. The van der Waals surface area contributed by atoms with E-state index in [1.807, 2.05) is 0 Å². The second-order valence-electron chi connectivity index (χ2n) is 3.48. The molecule has 0 N–H and O–H groups in total. The maximum atomic E-state index is 12.0. The SMILES string of the molecule is CS(C)(c1ccccc1)S(=O)(=O)OC(F)(F)F. The quantitative estimate of drug-likeness (QED) is 0.803. The molecule has 0 spiro atoms. The molecule has 0 radical (unpaired) electrons. The number of benzene rings is 1. The fourth-order valence-corrected chi connectivity index (χ4v) is 4.30. The largest absolute Gasteiger partial charge is 0.537 e. The molecule has 0 aliphatic carbocycles. The van der Waals surface area contributed by atoms with Crippen molar-refractivity contribution in [2.24, 2.45) is 0 Å². The molecule has 17 heavy (non-hydrogen) atoms. The number of halogens is 3. The minimum Gasteiger partial charge on any atom is -0.188 e. The Bertz CT molecular complexity index is 480. The Kier molecular flexibility index (Phi) is 3.80. The van der Waals surface area contributed by atoms with Crippen LogP contribution in [-0.2, 0) is 13.3 Å². The van der Waals surface area contributed by atoms with Crippen LogP contribution in [-0.4, -0.2) is 27.3 Å². The molecular formula is C9H11F3O3S2. The van der Waals surface area contributed by atoms with Gasteiger partial charge in [-0.1, -0.05) is 27.3 Å². The number of hydrogen-bond acceptors (Lipinski definition) is 3. The maximum Gasteiger partial charge on any atom is 0.537 e. The normalized spacial score (nSPS) is 14.6. The molecule has 1 rings (SSSR count). The lowest BCUT2D eigenvalue weighted by Crippen LogP contribution is -2.23. The molecule has 0 aliphatic heterocycles. The summed E-state index contributed by atoms with van der Waals surface area (Å²) in [5.74, 6) is 0. The van der Waals surface area contributed by atoms with E-state index >= 15 is 0 Å². The molecule has 0 heterocycles. The Hall–Kier alpha value is -0.730. The van der Waals surface area contributed by atoms with Crippen LogP contribution in [0.3, 0.4) is 0 Å². The van der Waals surface area contributed by atoms with Crippen molar-refractivity contribution in [2.45, 2.75) is 11.3 Å². The van der Waals surface area contributed by atoms with Crippen molar-refractivity contribution in [3.8, 4) is 0 Å². The van der Waals surface area contributed by atoms with Crippen LogP contribution in [0.5, 0.6) is 0 Å². The summed E-state index contributed by atoms with van der Waals surface area (Å²) in [7, 11) is -7.45. The van der Waals surface area contributed by atoms with Crippen molar-refractivity contribution < 1.29 is 25.8 Å². The van der Waals surface area contributed by atoms with Crippen molar-refractivity contribution in [2.75, 3.05) is 12.5 Å². The van der Waals surface area contributed by atoms with E-state index in [4.69, 9.17) is 0 Å². The van der Waals surface area contributed by atoms with Gasteiger partial charge in [-0.05, 0) is 24.6 Å². The summed E-state index contributed by atoms with van der Waals surface area (Å²) in [5.41, 5.74) is 0. The summed E-state index contributed by atoms with van der Waals surface area (Å²) in [6.07, 6.45) is -2.72. The predicted octanol–water partition coefficient (Wildman–Crippen LogP) is 2.89. The highest BCUT2D eigenvalue weighted by Gasteiger charge is 2.43. The summed E-state index contributed by atoms with van der Waals surface area (Å²) in [4.78, 5) is 0.309. The molecule has 98 valence electrons. The zero-order valence-corrected chi connectivity index (χ0v) is 10.7. The van der Waals surface area contributed by atoms with E-state index in [0.717, 1.165) is 0 Å². The van der Waals surface area contributed by atoms with Crippen LogP contribution in [0.2, 0.25) is 0 Å². The van der Waals surface area contributed by atoms with Gasteiger partial charge in [0, 0.05) is 4.90 Å². The van der Waals surface area contributed by atoms with Gasteiger partial charge in [0.2, 0.25) is 0 Å². The molecule has 0 fully saturated rings. The topological polar surface area (TPSA) is 43.4 Å². The molecular weight excluding hydrogens is 277 g/mol. The van der Waals surface area contributed by atoms with Crippen molar-refractivity contribution >= 4 is 18.2 Å². The molecule has 0 saturated carbocycles. The molecule has 0 saturated heterocycles. The zero-order chi connectivity index (χ0) is 13.3. The lowest BCUT2D eigenvalue weighted by atomic mass is 10.4. The Balaban J connectivity index is 3.15. The van der Waals surface area contributed by atoms with E-state index in [1.54, 1.807) is 18.2 Å². The van der Waals surface area contributed by atoms with Crippen LogP contribution >= 0.6 is 9.06 Å². The zero-order valence-electron chi connectivity index (χ0n) is 9.06. The van der Waals surface area contributed by atoms with Crippen molar-refractivity contribution in [1.29, 1.82) is 0 Å². The average Bonchev–Trinajstić information content (AvgIpc) is 2.15. The highest BCUT2D eigenvalue weighted by molar-refractivity contribution is 8.88. The van der Waals surface area contributed by atoms with Crippen molar-refractivity contribution in [3.05, 3.63) is 30.3 Å². The lowest BCUT2D eigenvalue weighted by molar-refractivity contribution is -0.270. The minimum absolute atomic E-state index is 0.309. The van der Waals surface area contributed by atoms with Crippen LogP contribution in [0.15, 0.2) is 35.2 Å². The third kappa shape index (κ3) is 3.36. The molecule has 0 aromatic heterocycles. The van der Waals surface area contributed by atoms with Gasteiger partial charge in [0.15, 0.2) is 0 Å². The first-order chi connectivity index (χ1) is 7.56. The van der Waals surface area contributed by atoms with E-state index in [9.17, 15) is 21.6 Å². The molecule has 0 aliphatic rings. The van der Waals surface area contributed by atoms with Gasteiger partial charge >= 0.3 is 15.5 Å². The van der Waals surface area contributed by atoms with Gasteiger partial charge in [0.25, 0.3) is 0 Å². The van der Waals surface area contributed by atoms with E-state index in [0.29, 0.717) is 4.90 Å². The molecule has 8 heteroatoms. The molecule has 1 aromatic rings. The fourth-order valence-electron chi connectivity index (χ4n) is 1.07. The Morgan fingerprint density at radius 3 is 1.94 bits per heavy atom. The molecule has 1 aromatic carbocycles.